The Balaban J connectivity index is 1.78. The molecule has 2 aromatic carbocycles. The zero-order valence-corrected chi connectivity index (χ0v) is 22.9. The number of nitrogens with one attached hydrogen (secondary N) is 2. The van der Waals surface area contributed by atoms with Crippen LogP contribution in [0, 0.1) is 18.6 Å². The highest BCUT2D eigenvalue weighted by Gasteiger charge is 2.29. The van der Waals surface area contributed by atoms with Gasteiger partial charge in [-0.1, -0.05) is 0 Å². The van der Waals surface area contributed by atoms with Gasteiger partial charge in [0.15, 0.2) is 15.6 Å². The van der Waals surface area contributed by atoms with Gasteiger partial charge in [0.1, 0.15) is 17.4 Å². The molecule has 0 aliphatic carbocycles. The van der Waals surface area contributed by atoms with Crippen molar-refractivity contribution >= 4 is 37.4 Å². The van der Waals surface area contributed by atoms with Crippen LogP contribution in [0.1, 0.15) is 21.6 Å². The first-order valence-electron chi connectivity index (χ1n) is 12.5. The third kappa shape index (κ3) is 5.19. The lowest BCUT2D eigenvalue weighted by molar-refractivity contribution is 0.101. The number of fused-ring (bicyclic) bond motifs is 2. The van der Waals surface area contributed by atoms with Crippen LogP contribution in [0.4, 0.5) is 8.78 Å². The lowest BCUT2D eigenvalue weighted by Gasteiger charge is -2.14. The van der Waals surface area contributed by atoms with E-state index >= 15 is 4.39 Å². The van der Waals surface area contributed by atoms with Crippen molar-refractivity contribution in [2.75, 3.05) is 32.1 Å². The van der Waals surface area contributed by atoms with Crippen molar-refractivity contribution in [3.8, 4) is 11.1 Å². The van der Waals surface area contributed by atoms with E-state index in [9.17, 15) is 22.4 Å². The van der Waals surface area contributed by atoms with Crippen molar-refractivity contribution in [1.82, 2.24) is 24.6 Å². The monoisotopic (exact) mass is 567 g/mol. The van der Waals surface area contributed by atoms with E-state index in [2.05, 4.69) is 15.2 Å². The quantitative estimate of drug-likeness (QED) is 0.262. The number of pyridine rings is 1. The first kappa shape index (κ1) is 27.4. The van der Waals surface area contributed by atoms with E-state index < -0.39 is 38.6 Å². The van der Waals surface area contributed by atoms with Gasteiger partial charge in [-0.15, -0.1) is 0 Å². The molecule has 3 aromatic heterocycles. The lowest BCUT2D eigenvalue weighted by Crippen LogP contribution is -2.27. The summed E-state index contributed by atoms with van der Waals surface area (Å²) < 4.78 is 57.4. The number of aromatic nitrogens is 4. The van der Waals surface area contributed by atoms with Crippen molar-refractivity contribution in [1.29, 1.82) is 0 Å². The molecule has 0 spiro atoms. The number of hydrogen-bond donors (Lipinski definition) is 2. The number of halogens is 2. The lowest BCUT2D eigenvalue weighted by atomic mass is 10.0. The van der Waals surface area contributed by atoms with Gasteiger partial charge in [0.05, 0.1) is 35.2 Å². The van der Waals surface area contributed by atoms with Crippen LogP contribution in [-0.4, -0.2) is 71.0 Å². The van der Waals surface area contributed by atoms with E-state index in [0.717, 1.165) is 0 Å². The summed E-state index contributed by atoms with van der Waals surface area (Å²) in [6.45, 7) is 1.53. The highest BCUT2D eigenvalue weighted by molar-refractivity contribution is 7.92. The second-order valence-corrected chi connectivity index (χ2v) is 12.2. The maximum absolute atomic E-state index is 15.2. The Labute approximate surface area is 228 Å². The molecule has 0 amide bonds. The Hall–Kier alpha value is -4.16. The zero-order valence-electron chi connectivity index (χ0n) is 22.1. The SMILES string of the molecule is Cc1cc2c(-c3ccc[nH]c3=O)c(C(=O)CS(=O)(=O)CCN(C)C)n(Cc3cc4cn[nH]c4cc3F)c2cc1F. The number of hydrogen-bond acceptors (Lipinski definition) is 6. The van der Waals surface area contributed by atoms with Gasteiger partial charge in [0, 0.05) is 40.2 Å². The number of aromatic amines is 2. The summed E-state index contributed by atoms with van der Waals surface area (Å²) in [5.74, 6) is -3.03. The van der Waals surface area contributed by atoms with Gasteiger partial charge in [-0.05, 0) is 63.0 Å². The predicted molar refractivity (Wildman–Crippen MR) is 149 cm³/mol. The molecule has 0 bridgehead atoms. The van der Waals surface area contributed by atoms with E-state index in [4.69, 9.17) is 0 Å². The molecule has 0 saturated carbocycles. The Kier molecular flexibility index (Phi) is 7.15. The van der Waals surface area contributed by atoms with Gasteiger partial charge in [-0.3, -0.25) is 14.7 Å². The van der Waals surface area contributed by atoms with E-state index in [1.807, 2.05) is 0 Å². The molecule has 9 nitrogen and oxygen atoms in total. The molecule has 3 heterocycles. The van der Waals surface area contributed by atoms with Crippen LogP contribution in [0.2, 0.25) is 0 Å². The number of rotatable bonds is 9. The Bertz CT molecular complexity index is 1940. The summed E-state index contributed by atoms with van der Waals surface area (Å²) >= 11 is 0. The third-order valence-electron chi connectivity index (χ3n) is 6.83. The number of H-pyrrole nitrogens is 2. The molecule has 5 rings (SSSR count). The molecular formula is C28H27F2N5O4S. The van der Waals surface area contributed by atoms with Crippen LogP contribution in [0.3, 0.4) is 0 Å². The van der Waals surface area contributed by atoms with E-state index in [1.165, 1.54) is 41.2 Å². The fraction of sp³-hybridized carbons (Fsp3) is 0.250. The summed E-state index contributed by atoms with van der Waals surface area (Å²) in [6.07, 6.45) is 2.95. The van der Waals surface area contributed by atoms with Crippen molar-refractivity contribution in [2.24, 2.45) is 0 Å². The predicted octanol–water partition coefficient (Wildman–Crippen LogP) is 3.67. The average molecular weight is 568 g/mol. The molecular weight excluding hydrogens is 540 g/mol. The summed E-state index contributed by atoms with van der Waals surface area (Å²) in [5, 5.41) is 7.60. The minimum Gasteiger partial charge on any atom is -0.333 e. The van der Waals surface area contributed by atoms with Crippen molar-refractivity contribution in [2.45, 2.75) is 13.5 Å². The highest BCUT2D eigenvalue weighted by Crippen LogP contribution is 2.36. The summed E-state index contributed by atoms with van der Waals surface area (Å²) in [5.41, 5.74) is 0.777. The standard InChI is InChI=1S/C28H27F2N5O4S/c1-16-9-20-24(12-21(16)29)35(14-18-10-17-13-32-33-23(17)11-22(18)30)27(26(20)19-5-4-6-31-28(19)37)25(36)15-40(38,39)8-7-34(2)3/h4-6,9-13H,7-8,14-15H2,1-3H3,(H,31,37)(H,32,33). The van der Waals surface area contributed by atoms with Crippen molar-refractivity contribution < 1.29 is 22.0 Å². The molecule has 208 valence electrons. The number of benzene rings is 2. The van der Waals surface area contributed by atoms with Gasteiger partial charge < -0.3 is 14.5 Å². The Morgan fingerprint density at radius 1 is 1.12 bits per heavy atom. The van der Waals surface area contributed by atoms with Crippen molar-refractivity contribution in [3.63, 3.8) is 0 Å². The van der Waals surface area contributed by atoms with Gasteiger partial charge in [-0.2, -0.15) is 5.10 Å². The van der Waals surface area contributed by atoms with Crippen LogP contribution in [-0.2, 0) is 16.4 Å². The number of carbonyl (C=O) groups is 1. The van der Waals surface area contributed by atoms with Gasteiger partial charge in [0.2, 0.25) is 0 Å². The molecule has 0 atom stereocenters. The number of carbonyl (C=O) groups excluding carboxylic acids is 1. The number of Topliss-reactive ketones (excluding diaryl/α,β-unsaturated/α-hetero) is 1. The first-order valence-corrected chi connectivity index (χ1v) is 14.3. The van der Waals surface area contributed by atoms with Crippen LogP contribution < -0.4 is 5.56 Å². The topological polar surface area (TPSA) is 121 Å². The molecule has 40 heavy (non-hydrogen) atoms. The summed E-state index contributed by atoms with van der Waals surface area (Å²) in [6, 6.07) is 8.63. The minimum absolute atomic E-state index is 0.108. The molecule has 0 radical (unpaired) electrons. The second kappa shape index (κ2) is 10.4. The van der Waals surface area contributed by atoms with Gasteiger partial charge in [0.25, 0.3) is 5.56 Å². The normalized spacial score (nSPS) is 12.2. The summed E-state index contributed by atoms with van der Waals surface area (Å²) in [7, 11) is -0.418. The molecule has 0 unspecified atom stereocenters. The summed E-state index contributed by atoms with van der Waals surface area (Å²) in [4.78, 5) is 31.1. The Morgan fingerprint density at radius 3 is 2.62 bits per heavy atom. The van der Waals surface area contributed by atoms with Crippen molar-refractivity contribution in [3.05, 3.63) is 87.6 Å². The van der Waals surface area contributed by atoms with E-state index in [-0.39, 0.29) is 52.3 Å². The van der Waals surface area contributed by atoms with Crippen LogP contribution in [0.15, 0.2) is 53.6 Å². The molecule has 0 aliphatic heterocycles. The number of sulfone groups is 1. The van der Waals surface area contributed by atoms with E-state index in [1.54, 1.807) is 38.1 Å². The van der Waals surface area contributed by atoms with Gasteiger partial charge >= 0.3 is 0 Å². The Morgan fingerprint density at radius 2 is 1.90 bits per heavy atom. The first-order chi connectivity index (χ1) is 18.9. The highest BCUT2D eigenvalue weighted by atomic mass is 32.2. The van der Waals surface area contributed by atoms with Gasteiger partial charge in [-0.25, -0.2) is 17.2 Å². The molecule has 12 heteroatoms. The molecule has 0 fully saturated rings. The fourth-order valence-electron chi connectivity index (χ4n) is 4.79. The minimum atomic E-state index is -3.86. The zero-order chi connectivity index (χ0) is 28.8. The molecule has 2 N–H and O–H groups in total. The largest absolute Gasteiger partial charge is 0.333 e. The molecule has 0 aliphatic rings. The maximum Gasteiger partial charge on any atom is 0.255 e. The van der Waals surface area contributed by atoms with Crippen LogP contribution in [0.25, 0.3) is 32.9 Å². The molecule has 0 saturated heterocycles. The van der Waals surface area contributed by atoms with E-state index in [0.29, 0.717) is 16.3 Å². The fourth-order valence-corrected chi connectivity index (χ4v) is 6.11. The number of aryl methyl sites for hydroxylation is 1. The number of ketones is 1. The maximum atomic E-state index is 15.2. The molecule has 5 aromatic rings. The van der Waals surface area contributed by atoms with Crippen LogP contribution in [0.5, 0.6) is 0 Å². The van der Waals surface area contributed by atoms with Crippen LogP contribution >= 0.6 is 0 Å². The number of nitrogens with zero attached hydrogens (tertiary/aromatic N) is 3. The second-order valence-electron chi connectivity index (χ2n) is 10.1. The average Bonchev–Trinajstić information content (AvgIpc) is 3.45. The smallest absolute Gasteiger partial charge is 0.255 e. The third-order valence-corrected chi connectivity index (χ3v) is 8.34.